The maximum Gasteiger partial charge on any atom is 0.227 e. The third kappa shape index (κ3) is 3.02. The molecule has 0 aliphatic rings. The Morgan fingerprint density at radius 2 is 1.69 bits per heavy atom. The van der Waals surface area contributed by atoms with Gasteiger partial charge in [-0.2, -0.15) is 0 Å². The normalized spacial score (nSPS) is 12.7. The minimum Gasteiger partial charge on any atom is -0.437 e. The molecule has 0 fully saturated rings. The lowest BCUT2D eigenvalue weighted by Crippen LogP contribution is -2.23. The molecule has 0 unspecified atom stereocenters. The number of hydrogen-bond donors (Lipinski definition) is 0. The van der Waals surface area contributed by atoms with Crippen molar-refractivity contribution < 1.29 is 4.42 Å². The molecule has 0 saturated carbocycles. The Morgan fingerprint density at radius 1 is 0.938 bits per heavy atom. The molecule has 0 aliphatic carbocycles. The molecule has 0 atom stereocenters. The van der Waals surface area contributed by atoms with Crippen LogP contribution in [-0.4, -0.2) is 19.5 Å². The molecular formula is C27H30N4O. The molecule has 5 heteroatoms. The molecule has 4 heterocycles. The molecule has 32 heavy (non-hydrogen) atoms. The summed E-state index contributed by atoms with van der Waals surface area (Å²) >= 11 is 0. The van der Waals surface area contributed by atoms with E-state index in [4.69, 9.17) is 19.4 Å². The lowest BCUT2D eigenvalue weighted by atomic mass is 10.0. The van der Waals surface area contributed by atoms with E-state index in [1.807, 2.05) is 6.92 Å². The Labute approximate surface area is 188 Å². The zero-order valence-corrected chi connectivity index (χ0v) is 20.2. The van der Waals surface area contributed by atoms with Gasteiger partial charge in [-0.05, 0) is 77.3 Å². The van der Waals surface area contributed by atoms with Crippen molar-refractivity contribution in [3.8, 4) is 11.4 Å². The van der Waals surface area contributed by atoms with Crippen LogP contribution in [0.15, 0.2) is 34.7 Å². The monoisotopic (exact) mass is 426 g/mol. The smallest absolute Gasteiger partial charge is 0.227 e. The Kier molecular flexibility index (Phi) is 4.45. The van der Waals surface area contributed by atoms with Crippen molar-refractivity contribution >= 4 is 33.1 Å². The predicted molar refractivity (Wildman–Crippen MR) is 131 cm³/mol. The number of aromatic nitrogens is 4. The van der Waals surface area contributed by atoms with E-state index >= 15 is 0 Å². The lowest BCUT2D eigenvalue weighted by molar-refractivity contribution is 0.412. The number of furan rings is 1. The number of nitrogens with zero attached hydrogens (tertiary/aromatic N) is 4. The number of rotatable bonds is 2. The fourth-order valence-electron chi connectivity index (χ4n) is 4.71. The minimum atomic E-state index is -0.182. The minimum absolute atomic E-state index is 0.182. The molecule has 0 bridgehead atoms. The van der Waals surface area contributed by atoms with Crippen molar-refractivity contribution in [3.63, 3.8) is 0 Å². The molecule has 0 aliphatic heterocycles. The summed E-state index contributed by atoms with van der Waals surface area (Å²) < 4.78 is 8.75. The highest BCUT2D eigenvalue weighted by atomic mass is 16.3. The average molecular weight is 427 g/mol. The Morgan fingerprint density at radius 3 is 2.38 bits per heavy atom. The summed E-state index contributed by atoms with van der Waals surface area (Å²) in [7, 11) is 0. The van der Waals surface area contributed by atoms with Gasteiger partial charge in [0, 0.05) is 27.7 Å². The Balaban J connectivity index is 1.91. The van der Waals surface area contributed by atoms with Gasteiger partial charge in [0.25, 0.3) is 0 Å². The summed E-state index contributed by atoms with van der Waals surface area (Å²) in [4.78, 5) is 14.7. The third-order valence-electron chi connectivity index (χ3n) is 6.16. The van der Waals surface area contributed by atoms with Gasteiger partial charge in [0.1, 0.15) is 11.4 Å². The topological polar surface area (TPSA) is 56.7 Å². The van der Waals surface area contributed by atoms with Crippen LogP contribution in [0, 0.1) is 20.8 Å². The van der Waals surface area contributed by atoms with E-state index in [1.54, 1.807) is 0 Å². The first-order chi connectivity index (χ1) is 15.1. The van der Waals surface area contributed by atoms with Crippen molar-refractivity contribution in [1.29, 1.82) is 0 Å². The van der Waals surface area contributed by atoms with Crippen LogP contribution < -0.4 is 0 Å². The van der Waals surface area contributed by atoms with E-state index in [2.05, 4.69) is 83.4 Å². The summed E-state index contributed by atoms with van der Waals surface area (Å²) in [5.41, 5.74) is 8.55. The standard InChI is InChI=1S/C27H30N4O/c1-14(2)20-12-11-18-22-15(3)9-10-19(24(22)32-26(18)30-20)25-29-21-13-16(4)28-17(5)23(21)31(25)27(6,7)8/h9-14H,1-8H3. The fourth-order valence-corrected chi connectivity index (χ4v) is 4.71. The molecule has 0 amide bonds. The zero-order valence-electron chi connectivity index (χ0n) is 20.2. The molecule has 5 rings (SSSR count). The van der Waals surface area contributed by atoms with Crippen molar-refractivity contribution in [2.45, 2.75) is 66.8 Å². The van der Waals surface area contributed by atoms with Crippen LogP contribution in [0.2, 0.25) is 0 Å². The van der Waals surface area contributed by atoms with Gasteiger partial charge in [-0.1, -0.05) is 19.9 Å². The number of benzene rings is 1. The van der Waals surface area contributed by atoms with Crippen LogP contribution in [0.1, 0.15) is 63.2 Å². The predicted octanol–water partition coefficient (Wildman–Crippen LogP) is 7.20. The van der Waals surface area contributed by atoms with E-state index in [-0.39, 0.29) is 5.54 Å². The first-order valence-electron chi connectivity index (χ1n) is 11.3. The second-order valence-corrected chi connectivity index (χ2v) is 10.1. The summed E-state index contributed by atoms with van der Waals surface area (Å²) in [5, 5.41) is 2.16. The van der Waals surface area contributed by atoms with Crippen LogP contribution in [0.4, 0.5) is 0 Å². The van der Waals surface area contributed by atoms with Crippen molar-refractivity contribution in [2.75, 3.05) is 0 Å². The maximum absolute atomic E-state index is 6.45. The number of aryl methyl sites for hydroxylation is 3. The molecule has 4 aromatic heterocycles. The van der Waals surface area contributed by atoms with Crippen LogP contribution in [0.3, 0.4) is 0 Å². The fraction of sp³-hybridized carbons (Fsp3) is 0.370. The van der Waals surface area contributed by atoms with Gasteiger partial charge in [-0.25, -0.2) is 9.97 Å². The maximum atomic E-state index is 6.45. The molecular weight excluding hydrogens is 396 g/mol. The molecule has 0 N–H and O–H groups in total. The highest BCUT2D eigenvalue weighted by Crippen LogP contribution is 2.40. The van der Waals surface area contributed by atoms with Gasteiger partial charge in [0.15, 0.2) is 0 Å². The van der Waals surface area contributed by atoms with Gasteiger partial charge in [-0.15, -0.1) is 0 Å². The quantitative estimate of drug-likeness (QED) is 0.299. The second-order valence-electron chi connectivity index (χ2n) is 10.1. The van der Waals surface area contributed by atoms with E-state index < -0.39 is 0 Å². The van der Waals surface area contributed by atoms with Crippen LogP contribution in [-0.2, 0) is 5.54 Å². The SMILES string of the molecule is Cc1cc2nc(-c3ccc(C)c4c3oc3nc(C(C)C)ccc34)n(C(C)(C)C)c2c(C)n1. The molecule has 164 valence electrons. The van der Waals surface area contributed by atoms with Gasteiger partial charge >= 0.3 is 0 Å². The number of imidazole rings is 1. The first kappa shape index (κ1) is 20.7. The number of pyridine rings is 2. The average Bonchev–Trinajstić information content (AvgIpc) is 3.26. The van der Waals surface area contributed by atoms with E-state index in [9.17, 15) is 0 Å². The highest BCUT2D eigenvalue weighted by Gasteiger charge is 2.27. The molecule has 0 spiro atoms. The molecule has 5 aromatic rings. The number of fused-ring (bicyclic) bond motifs is 4. The van der Waals surface area contributed by atoms with E-state index in [0.717, 1.165) is 55.9 Å². The van der Waals surface area contributed by atoms with Crippen molar-refractivity contribution in [3.05, 3.63) is 53.0 Å². The summed E-state index contributed by atoms with van der Waals surface area (Å²) in [5.74, 6) is 1.24. The summed E-state index contributed by atoms with van der Waals surface area (Å²) in [6.45, 7) is 17.1. The molecule has 1 aromatic carbocycles. The summed E-state index contributed by atoms with van der Waals surface area (Å²) in [6.07, 6.45) is 0. The van der Waals surface area contributed by atoms with Gasteiger partial charge in [0.2, 0.25) is 5.71 Å². The summed E-state index contributed by atoms with van der Waals surface area (Å²) in [6, 6.07) is 10.6. The van der Waals surface area contributed by atoms with Gasteiger partial charge < -0.3 is 8.98 Å². The second kappa shape index (κ2) is 6.89. The third-order valence-corrected chi connectivity index (χ3v) is 6.16. The van der Waals surface area contributed by atoms with Crippen molar-refractivity contribution in [2.24, 2.45) is 0 Å². The molecule has 0 radical (unpaired) electrons. The van der Waals surface area contributed by atoms with Crippen LogP contribution in [0.25, 0.3) is 44.5 Å². The lowest BCUT2D eigenvalue weighted by Gasteiger charge is -2.25. The van der Waals surface area contributed by atoms with Crippen LogP contribution >= 0.6 is 0 Å². The van der Waals surface area contributed by atoms with Crippen LogP contribution in [0.5, 0.6) is 0 Å². The van der Waals surface area contributed by atoms with Gasteiger partial charge in [0.05, 0.1) is 22.3 Å². The van der Waals surface area contributed by atoms with Gasteiger partial charge in [-0.3, -0.25) is 4.98 Å². The first-order valence-corrected chi connectivity index (χ1v) is 11.3. The highest BCUT2D eigenvalue weighted by molar-refractivity contribution is 6.10. The van der Waals surface area contributed by atoms with Crippen molar-refractivity contribution in [1.82, 2.24) is 19.5 Å². The Hall–Kier alpha value is -3.21. The largest absolute Gasteiger partial charge is 0.437 e. The number of hydrogen-bond acceptors (Lipinski definition) is 4. The Bertz CT molecular complexity index is 1510. The molecule has 0 saturated heterocycles. The van der Waals surface area contributed by atoms with E-state index in [0.29, 0.717) is 11.6 Å². The zero-order chi connectivity index (χ0) is 22.9. The van der Waals surface area contributed by atoms with E-state index in [1.165, 1.54) is 5.56 Å². The molecule has 5 nitrogen and oxygen atoms in total.